The van der Waals surface area contributed by atoms with Crippen molar-refractivity contribution in [2.75, 3.05) is 13.2 Å². The van der Waals surface area contributed by atoms with Gasteiger partial charge < -0.3 is 9.47 Å². The quantitative estimate of drug-likeness (QED) is 0.124. The van der Waals surface area contributed by atoms with Gasteiger partial charge in [-0.15, -0.1) is 0 Å². The number of halogens is 4. The minimum absolute atomic E-state index is 0.0779. The number of carbonyl (C=O) groups is 2. The monoisotopic (exact) mass is 640 g/mol. The van der Waals surface area contributed by atoms with E-state index >= 15 is 0 Å². The van der Waals surface area contributed by atoms with Crippen LogP contribution in [0.1, 0.15) is 118 Å². The van der Waals surface area contributed by atoms with Crippen molar-refractivity contribution in [3.05, 3.63) is 0 Å². The number of carbonyl (C=O) groups excluding carboxylic acids is 2. The van der Waals surface area contributed by atoms with Gasteiger partial charge in [0.05, 0.1) is 12.2 Å². The van der Waals surface area contributed by atoms with Gasteiger partial charge in [-0.2, -0.15) is 0 Å². The van der Waals surface area contributed by atoms with Crippen LogP contribution in [0.15, 0.2) is 0 Å². The number of hydrogen-bond acceptors (Lipinski definition) is 4. The largest absolute Gasteiger partial charge is 0.379 e. The third-order valence-corrected chi connectivity index (χ3v) is 12.1. The average molecular weight is 643 g/mol. The summed E-state index contributed by atoms with van der Waals surface area (Å²) in [6.07, 6.45) is 16.5. The molecule has 0 saturated heterocycles. The van der Waals surface area contributed by atoms with Crippen LogP contribution in [-0.2, 0) is 19.1 Å². The SMILES string of the molecule is CCOC(CC)CCCCC1CCC2C1C(=O)C2(Cl)Cl.CCOC(CC)CCCCC1CCC2C1C(=O)C2(Cl)Cl. The molecule has 4 aliphatic rings. The minimum atomic E-state index is -1.07. The maximum atomic E-state index is 12.0. The van der Waals surface area contributed by atoms with Gasteiger partial charge in [0, 0.05) is 36.9 Å². The lowest BCUT2D eigenvalue weighted by molar-refractivity contribution is -0.136. The highest BCUT2D eigenvalue weighted by molar-refractivity contribution is 6.61. The second-order valence-corrected chi connectivity index (χ2v) is 15.2. The molecule has 0 aromatic heterocycles. The molecule has 0 heterocycles. The van der Waals surface area contributed by atoms with E-state index < -0.39 is 8.67 Å². The van der Waals surface area contributed by atoms with E-state index in [9.17, 15) is 9.59 Å². The molecule has 0 spiro atoms. The second kappa shape index (κ2) is 15.9. The molecule has 4 fully saturated rings. The van der Waals surface area contributed by atoms with Gasteiger partial charge in [0.25, 0.3) is 0 Å². The first-order valence-corrected chi connectivity index (χ1v) is 17.6. The summed E-state index contributed by atoms with van der Waals surface area (Å²) < 4.78 is 9.20. The molecule has 232 valence electrons. The van der Waals surface area contributed by atoms with E-state index in [0.717, 1.165) is 77.4 Å². The lowest BCUT2D eigenvalue weighted by Gasteiger charge is -2.43. The standard InChI is InChI=1S/2C16H26Cl2O2/c2*1-3-12(20-4-2)8-6-5-7-11-9-10-13-14(11)15(19)16(13,17)18/h2*11-14H,3-10H2,1-2H3. The first-order chi connectivity index (χ1) is 19.0. The molecule has 8 unspecified atom stereocenters. The summed E-state index contributed by atoms with van der Waals surface area (Å²) in [6.45, 7) is 10.0. The minimum Gasteiger partial charge on any atom is -0.379 e. The molecule has 4 aliphatic carbocycles. The number of unbranched alkanes of at least 4 members (excludes halogenated alkanes) is 2. The molecule has 4 rings (SSSR count). The van der Waals surface area contributed by atoms with Crippen LogP contribution >= 0.6 is 46.4 Å². The van der Waals surface area contributed by atoms with Crippen LogP contribution in [0, 0.1) is 35.5 Å². The van der Waals surface area contributed by atoms with E-state index in [1.807, 2.05) is 13.8 Å². The molecule has 0 radical (unpaired) electrons. The third-order valence-electron chi connectivity index (χ3n) is 10.2. The number of Topliss-reactive ketones (excluding diaryl/α,β-unsaturated/α-hetero) is 2. The molecule has 0 aromatic carbocycles. The Morgan fingerprint density at radius 3 is 1.35 bits per heavy atom. The number of ketones is 2. The lowest BCUT2D eigenvalue weighted by Crippen LogP contribution is -2.55. The molecular formula is C32H52Cl4O4. The number of rotatable bonds is 16. The molecule has 8 atom stereocenters. The Bertz CT molecular complexity index is 753. The Kier molecular flexibility index (Phi) is 13.9. The zero-order valence-corrected chi connectivity index (χ0v) is 28.1. The van der Waals surface area contributed by atoms with Gasteiger partial charge in [0.1, 0.15) is 0 Å². The summed E-state index contributed by atoms with van der Waals surface area (Å²) in [5, 5.41) is 0. The first-order valence-electron chi connectivity index (χ1n) is 16.1. The van der Waals surface area contributed by atoms with Crippen LogP contribution in [0.5, 0.6) is 0 Å². The van der Waals surface area contributed by atoms with E-state index in [2.05, 4.69) is 13.8 Å². The van der Waals surface area contributed by atoms with E-state index in [0.29, 0.717) is 24.0 Å². The van der Waals surface area contributed by atoms with Crippen molar-refractivity contribution in [2.45, 2.75) is 138 Å². The van der Waals surface area contributed by atoms with Crippen molar-refractivity contribution < 1.29 is 19.1 Å². The van der Waals surface area contributed by atoms with Crippen molar-refractivity contribution in [3.8, 4) is 0 Å². The fourth-order valence-electron chi connectivity index (χ4n) is 7.87. The number of alkyl halides is 4. The number of ether oxygens (including phenoxy) is 2. The average Bonchev–Trinajstić information content (AvgIpc) is 3.54. The van der Waals surface area contributed by atoms with Gasteiger partial charge in [0.2, 0.25) is 0 Å². The molecule has 0 N–H and O–H groups in total. The predicted octanol–water partition coefficient (Wildman–Crippen LogP) is 9.52. The van der Waals surface area contributed by atoms with Gasteiger partial charge in [0.15, 0.2) is 20.2 Å². The first kappa shape index (κ1) is 34.9. The maximum Gasteiger partial charge on any atom is 0.179 e. The maximum absolute atomic E-state index is 12.0. The fraction of sp³-hybridized carbons (Fsp3) is 0.938. The molecule has 4 nitrogen and oxygen atoms in total. The van der Waals surface area contributed by atoms with Crippen molar-refractivity contribution in [2.24, 2.45) is 35.5 Å². The normalized spacial score (nSPS) is 32.8. The number of hydrogen-bond donors (Lipinski definition) is 0. The van der Waals surface area contributed by atoms with Crippen LogP contribution < -0.4 is 0 Å². The molecule has 0 aromatic rings. The molecular weight excluding hydrogens is 590 g/mol. The molecule has 8 heteroatoms. The summed E-state index contributed by atoms with van der Waals surface area (Å²) >= 11 is 24.3. The third kappa shape index (κ3) is 7.92. The van der Waals surface area contributed by atoms with E-state index in [1.54, 1.807) is 0 Å². The number of fused-ring (bicyclic) bond motifs is 2. The summed E-state index contributed by atoms with van der Waals surface area (Å²) in [6, 6.07) is 0. The Labute approximate surface area is 263 Å². The molecule has 4 saturated carbocycles. The van der Waals surface area contributed by atoms with Gasteiger partial charge in [-0.3, -0.25) is 9.59 Å². The van der Waals surface area contributed by atoms with Crippen molar-refractivity contribution >= 4 is 58.0 Å². The Morgan fingerprint density at radius 1 is 0.650 bits per heavy atom. The van der Waals surface area contributed by atoms with Crippen molar-refractivity contribution in [1.82, 2.24) is 0 Å². The Hall–Kier alpha value is 0.420. The lowest BCUT2D eigenvalue weighted by atomic mass is 9.69. The van der Waals surface area contributed by atoms with Crippen LogP contribution in [-0.4, -0.2) is 45.7 Å². The Morgan fingerprint density at radius 2 is 1.02 bits per heavy atom. The van der Waals surface area contributed by atoms with Crippen molar-refractivity contribution in [3.63, 3.8) is 0 Å². The highest BCUT2D eigenvalue weighted by atomic mass is 35.5. The van der Waals surface area contributed by atoms with Crippen LogP contribution in [0.4, 0.5) is 0 Å². The molecule has 0 aliphatic heterocycles. The van der Waals surface area contributed by atoms with Crippen LogP contribution in [0.25, 0.3) is 0 Å². The van der Waals surface area contributed by atoms with E-state index in [1.165, 1.54) is 25.7 Å². The summed E-state index contributed by atoms with van der Waals surface area (Å²) in [7, 11) is 0. The highest BCUT2D eigenvalue weighted by Gasteiger charge is 2.65. The topological polar surface area (TPSA) is 52.6 Å². The zero-order chi connectivity index (χ0) is 29.5. The summed E-state index contributed by atoms with van der Waals surface area (Å²) in [4.78, 5) is 23.9. The van der Waals surface area contributed by atoms with Gasteiger partial charge in [-0.1, -0.05) is 85.9 Å². The van der Waals surface area contributed by atoms with Crippen LogP contribution in [0.3, 0.4) is 0 Å². The van der Waals surface area contributed by atoms with Crippen LogP contribution in [0.2, 0.25) is 0 Å². The summed E-state index contributed by atoms with van der Waals surface area (Å²) in [5.74, 6) is 1.93. The second-order valence-electron chi connectivity index (χ2n) is 12.5. The highest BCUT2D eigenvalue weighted by Crippen LogP contribution is 2.60. The smallest absolute Gasteiger partial charge is 0.179 e. The van der Waals surface area contributed by atoms with Gasteiger partial charge in [-0.05, 0) is 89.9 Å². The van der Waals surface area contributed by atoms with Gasteiger partial charge >= 0.3 is 0 Å². The van der Waals surface area contributed by atoms with Gasteiger partial charge in [-0.25, -0.2) is 0 Å². The van der Waals surface area contributed by atoms with E-state index in [4.69, 9.17) is 55.9 Å². The van der Waals surface area contributed by atoms with E-state index in [-0.39, 0.29) is 35.2 Å². The summed E-state index contributed by atoms with van der Waals surface area (Å²) in [5.41, 5.74) is 0. The van der Waals surface area contributed by atoms with Crippen molar-refractivity contribution in [1.29, 1.82) is 0 Å². The molecule has 0 bridgehead atoms. The fourth-order valence-corrected chi connectivity index (χ4v) is 9.36. The Balaban J connectivity index is 0.000000220. The predicted molar refractivity (Wildman–Crippen MR) is 167 cm³/mol. The molecule has 0 amide bonds. The zero-order valence-electron chi connectivity index (χ0n) is 25.1. The molecule has 40 heavy (non-hydrogen) atoms.